The average Bonchev–Trinajstić information content (AvgIpc) is 2.94. The first kappa shape index (κ1) is 26.2. The summed E-state index contributed by atoms with van der Waals surface area (Å²) in [5.74, 6) is 0.342. The van der Waals surface area contributed by atoms with Crippen LogP contribution in [0.25, 0.3) is 0 Å². The van der Waals surface area contributed by atoms with Crippen molar-refractivity contribution in [3.05, 3.63) is 12.4 Å². The number of alkyl carbamates (subject to hydrolysis) is 1. The summed E-state index contributed by atoms with van der Waals surface area (Å²) in [6.07, 6.45) is 4.59. The molecule has 2 aliphatic heterocycles. The van der Waals surface area contributed by atoms with E-state index in [-0.39, 0.29) is 11.9 Å². The fourth-order valence-electron chi connectivity index (χ4n) is 3.75. The van der Waals surface area contributed by atoms with Crippen molar-refractivity contribution in [3.8, 4) is 0 Å². The molecule has 188 valence electrons. The smallest absolute Gasteiger partial charge is 0.444 e. The molecule has 0 bridgehead atoms. The second kappa shape index (κ2) is 9.69. The fraction of sp³-hybridized carbons (Fsp3) is 0.739. The highest BCUT2D eigenvalue weighted by molar-refractivity contribution is 6.61. The number of nitrogens with one attached hydrogen (secondary N) is 2. The van der Waals surface area contributed by atoms with E-state index in [1.165, 1.54) is 0 Å². The molecule has 2 fully saturated rings. The minimum Gasteiger partial charge on any atom is -0.444 e. The maximum Gasteiger partial charge on any atom is 0.498 e. The molecule has 0 aliphatic carbocycles. The number of rotatable bonds is 5. The number of hydrogen-bond donors (Lipinski definition) is 2. The summed E-state index contributed by atoms with van der Waals surface area (Å²) in [5, 5.41) is 5.59. The molecule has 2 atom stereocenters. The molecule has 0 spiro atoms. The summed E-state index contributed by atoms with van der Waals surface area (Å²) in [6, 6.07) is -0.781. The van der Waals surface area contributed by atoms with Crippen LogP contribution in [-0.2, 0) is 18.8 Å². The Kier molecular flexibility index (Phi) is 7.47. The van der Waals surface area contributed by atoms with Crippen molar-refractivity contribution in [1.82, 2.24) is 20.6 Å². The minimum absolute atomic E-state index is 0.0736. The van der Waals surface area contributed by atoms with E-state index < -0.39 is 36.1 Å². The second-order valence-electron chi connectivity index (χ2n) is 11.1. The van der Waals surface area contributed by atoms with Crippen LogP contribution >= 0.6 is 0 Å². The van der Waals surface area contributed by atoms with Crippen molar-refractivity contribution in [1.29, 1.82) is 0 Å². The predicted molar refractivity (Wildman–Crippen MR) is 130 cm³/mol. The van der Waals surface area contributed by atoms with Crippen molar-refractivity contribution in [3.63, 3.8) is 0 Å². The van der Waals surface area contributed by atoms with Gasteiger partial charge < -0.3 is 29.6 Å². The number of anilines is 1. The Balaban J connectivity index is 1.54. The summed E-state index contributed by atoms with van der Waals surface area (Å²) >= 11 is 0. The van der Waals surface area contributed by atoms with Gasteiger partial charge >= 0.3 is 13.2 Å². The summed E-state index contributed by atoms with van der Waals surface area (Å²) < 4.78 is 17.4. The van der Waals surface area contributed by atoms with Crippen LogP contribution in [0.2, 0.25) is 0 Å². The minimum atomic E-state index is -0.708. The van der Waals surface area contributed by atoms with Crippen molar-refractivity contribution >= 4 is 30.5 Å². The Morgan fingerprint density at radius 3 is 2.32 bits per heavy atom. The van der Waals surface area contributed by atoms with Gasteiger partial charge in [-0.05, 0) is 68.2 Å². The van der Waals surface area contributed by atoms with Gasteiger partial charge in [0.05, 0.1) is 11.2 Å². The molecule has 0 aromatic carbocycles. The van der Waals surface area contributed by atoms with Crippen LogP contribution in [0, 0.1) is 0 Å². The number of amides is 2. The zero-order chi connectivity index (χ0) is 25.3. The lowest BCUT2D eigenvalue weighted by Gasteiger charge is -2.33. The number of nitrogens with zero attached hydrogens (tertiary/aromatic N) is 3. The third-order valence-electron chi connectivity index (χ3n) is 6.36. The Morgan fingerprint density at radius 2 is 1.76 bits per heavy atom. The highest BCUT2D eigenvalue weighted by atomic mass is 16.7. The first-order valence-electron chi connectivity index (χ1n) is 11.9. The lowest BCUT2D eigenvalue weighted by Crippen LogP contribution is -2.53. The second-order valence-corrected chi connectivity index (χ2v) is 11.1. The van der Waals surface area contributed by atoms with Crippen molar-refractivity contribution in [2.24, 2.45) is 0 Å². The summed E-state index contributed by atoms with van der Waals surface area (Å²) in [4.78, 5) is 35.7. The highest BCUT2D eigenvalue weighted by Crippen LogP contribution is 2.36. The number of carbonyl (C=O) groups excluding carboxylic acids is 2. The first-order chi connectivity index (χ1) is 15.7. The van der Waals surface area contributed by atoms with E-state index in [0.717, 1.165) is 24.8 Å². The van der Waals surface area contributed by atoms with Gasteiger partial charge in [-0.2, -0.15) is 0 Å². The Bertz CT molecular complexity index is 871. The van der Waals surface area contributed by atoms with Crippen LogP contribution in [0.15, 0.2) is 12.4 Å². The zero-order valence-corrected chi connectivity index (χ0v) is 21.6. The molecule has 3 heterocycles. The first-order valence-corrected chi connectivity index (χ1v) is 11.9. The number of ether oxygens (including phenoxy) is 1. The van der Waals surface area contributed by atoms with Crippen molar-refractivity contribution in [2.75, 3.05) is 18.0 Å². The molecule has 0 radical (unpaired) electrons. The van der Waals surface area contributed by atoms with Gasteiger partial charge in [0.1, 0.15) is 11.6 Å². The normalized spacial score (nSPS) is 22.8. The molecule has 3 rings (SSSR count). The van der Waals surface area contributed by atoms with Crippen LogP contribution in [0.5, 0.6) is 0 Å². The molecule has 0 saturated carbocycles. The summed E-state index contributed by atoms with van der Waals surface area (Å²) in [5.41, 5.74) is -0.706. The number of carbonyl (C=O) groups is 2. The molecule has 2 aliphatic rings. The fourth-order valence-corrected chi connectivity index (χ4v) is 3.75. The van der Waals surface area contributed by atoms with E-state index in [0.29, 0.717) is 12.5 Å². The number of aromatic nitrogens is 2. The van der Waals surface area contributed by atoms with Crippen LogP contribution in [0.1, 0.15) is 68.2 Å². The lowest BCUT2D eigenvalue weighted by atomic mass is 9.81. The molecule has 2 saturated heterocycles. The Hall–Kier alpha value is -2.40. The third-order valence-corrected chi connectivity index (χ3v) is 6.36. The molecule has 11 heteroatoms. The van der Waals surface area contributed by atoms with Gasteiger partial charge in [0.15, 0.2) is 0 Å². The van der Waals surface area contributed by atoms with E-state index in [9.17, 15) is 9.59 Å². The standard InChI is InChI=1S/C23H38BN5O5/c1-15(27-20(31)32-21(2,3)4)18(30)28-17-10-9-11-29(14-17)19-25-12-16(13-26-19)24-33-22(5,6)23(7,8)34-24/h12-13,15,17H,9-11,14H2,1-8H3,(H,27,31)(H,28,30)/t15-,17-/m0/s1. The maximum absolute atomic E-state index is 12.6. The van der Waals surface area contributed by atoms with Gasteiger partial charge in [-0.3, -0.25) is 4.79 Å². The van der Waals surface area contributed by atoms with Crippen molar-refractivity contribution in [2.45, 2.75) is 97.1 Å². The van der Waals surface area contributed by atoms with Crippen LogP contribution in [0.4, 0.5) is 10.7 Å². The molecule has 10 nitrogen and oxygen atoms in total. The summed E-state index contributed by atoms with van der Waals surface area (Å²) in [7, 11) is -0.508. The van der Waals surface area contributed by atoms with E-state index in [2.05, 4.69) is 25.5 Å². The largest absolute Gasteiger partial charge is 0.498 e. The maximum atomic E-state index is 12.6. The van der Waals surface area contributed by atoms with Crippen LogP contribution < -0.4 is 21.0 Å². The molecule has 2 amide bonds. The van der Waals surface area contributed by atoms with Crippen molar-refractivity contribution < 1.29 is 23.6 Å². The molecular weight excluding hydrogens is 437 g/mol. The van der Waals surface area contributed by atoms with Gasteiger partial charge in [0.2, 0.25) is 11.9 Å². The molecular formula is C23H38BN5O5. The average molecular weight is 475 g/mol. The highest BCUT2D eigenvalue weighted by Gasteiger charge is 2.52. The van der Waals surface area contributed by atoms with E-state index in [1.807, 2.05) is 27.7 Å². The zero-order valence-electron chi connectivity index (χ0n) is 21.6. The van der Waals surface area contributed by atoms with Crippen LogP contribution in [-0.4, -0.2) is 71.1 Å². The van der Waals surface area contributed by atoms with Gasteiger partial charge in [-0.25, -0.2) is 14.8 Å². The molecule has 1 aromatic rings. The van der Waals surface area contributed by atoms with E-state index >= 15 is 0 Å². The third kappa shape index (κ3) is 6.38. The van der Waals surface area contributed by atoms with Gasteiger partial charge in [-0.15, -0.1) is 0 Å². The topological polar surface area (TPSA) is 115 Å². The van der Waals surface area contributed by atoms with E-state index in [4.69, 9.17) is 14.0 Å². The molecule has 2 N–H and O–H groups in total. The van der Waals surface area contributed by atoms with Gasteiger partial charge in [-0.1, -0.05) is 0 Å². The monoisotopic (exact) mass is 475 g/mol. The quantitative estimate of drug-likeness (QED) is 0.620. The molecule has 34 heavy (non-hydrogen) atoms. The van der Waals surface area contributed by atoms with Gasteiger partial charge in [0.25, 0.3) is 0 Å². The number of hydrogen-bond acceptors (Lipinski definition) is 8. The Labute approximate surface area is 202 Å². The predicted octanol–water partition coefficient (Wildman–Crippen LogP) is 1.77. The van der Waals surface area contributed by atoms with Gasteiger partial charge in [0, 0.05) is 37.0 Å². The Morgan fingerprint density at radius 1 is 1.18 bits per heavy atom. The lowest BCUT2D eigenvalue weighted by molar-refractivity contribution is -0.123. The van der Waals surface area contributed by atoms with E-state index in [1.54, 1.807) is 40.1 Å². The summed E-state index contributed by atoms with van der Waals surface area (Å²) in [6.45, 7) is 16.4. The number of piperidine rings is 1. The molecule has 1 aromatic heterocycles. The van der Waals surface area contributed by atoms with Crippen LogP contribution in [0.3, 0.4) is 0 Å². The molecule has 0 unspecified atom stereocenters. The SMILES string of the molecule is C[C@H](NC(=O)OC(C)(C)C)C(=O)N[C@H]1CCCN(c2ncc(B3OC(C)(C)C(C)(C)O3)cn2)C1.